The number of anilines is 1. The van der Waals surface area contributed by atoms with Crippen LogP contribution >= 0.6 is 0 Å². The maximum atomic E-state index is 13.9. The molecule has 4 aromatic rings. The third-order valence-electron chi connectivity index (χ3n) is 7.48. The van der Waals surface area contributed by atoms with Crippen LogP contribution < -0.4 is 14.9 Å². The normalized spacial score (nSPS) is 19.5. The Labute approximate surface area is 225 Å². The summed E-state index contributed by atoms with van der Waals surface area (Å²) in [5, 5.41) is 4.50. The molecule has 0 aliphatic carbocycles. The van der Waals surface area contributed by atoms with Gasteiger partial charge in [0.2, 0.25) is 20.7 Å². The average Bonchev–Trinajstić information content (AvgIpc) is 3.45. The van der Waals surface area contributed by atoms with Crippen molar-refractivity contribution < 1.29 is 27.1 Å². The number of ketones is 1. The second-order valence-electron chi connectivity index (χ2n) is 9.63. The molecule has 0 bridgehead atoms. The van der Waals surface area contributed by atoms with Crippen LogP contribution in [0.5, 0.6) is 11.5 Å². The molecule has 0 saturated carbocycles. The summed E-state index contributed by atoms with van der Waals surface area (Å²) >= 11 is 0. The van der Waals surface area contributed by atoms with Crippen LogP contribution in [0.15, 0.2) is 75.3 Å². The molecular weight excluding hydrogens is 518 g/mol. The van der Waals surface area contributed by atoms with E-state index < -0.39 is 20.7 Å². The molecule has 3 heterocycles. The minimum atomic E-state index is -4.24. The molecular formula is C29H27N3O6S. The van der Waals surface area contributed by atoms with Gasteiger partial charge in [0.1, 0.15) is 5.75 Å². The highest BCUT2D eigenvalue weighted by Gasteiger charge is 2.47. The van der Waals surface area contributed by atoms with Crippen molar-refractivity contribution in [2.24, 2.45) is 5.10 Å². The van der Waals surface area contributed by atoms with Gasteiger partial charge in [-0.25, -0.2) is 8.42 Å². The molecule has 1 unspecified atom stereocenters. The molecule has 0 radical (unpaired) electrons. The van der Waals surface area contributed by atoms with E-state index in [4.69, 9.17) is 13.9 Å². The minimum absolute atomic E-state index is 0.0166. The molecule has 0 fully saturated rings. The fourth-order valence-corrected chi connectivity index (χ4v) is 7.21. The lowest BCUT2D eigenvalue weighted by Crippen LogP contribution is -2.31. The number of hydrogen-bond donors (Lipinski definition) is 1. The zero-order chi connectivity index (χ0) is 27.3. The quantitative estimate of drug-likeness (QED) is 0.362. The molecule has 9 nitrogen and oxygen atoms in total. The summed E-state index contributed by atoms with van der Waals surface area (Å²) in [6.45, 7) is 0.654. The topological polar surface area (TPSA) is 110 Å². The highest BCUT2D eigenvalue weighted by atomic mass is 32.2. The van der Waals surface area contributed by atoms with Crippen molar-refractivity contribution in [3.05, 3.63) is 83.1 Å². The van der Waals surface area contributed by atoms with Crippen molar-refractivity contribution in [2.45, 2.75) is 23.8 Å². The number of fused-ring (bicyclic) bond motifs is 1. The van der Waals surface area contributed by atoms with Gasteiger partial charge >= 0.3 is 0 Å². The molecule has 0 amide bonds. The number of furan rings is 1. The molecule has 2 aliphatic rings. The summed E-state index contributed by atoms with van der Waals surface area (Å²) in [5.41, 5.74) is 6.60. The molecule has 0 saturated heterocycles. The number of methoxy groups -OCH3 is 2. The van der Waals surface area contributed by atoms with Crippen LogP contribution in [0.4, 0.5) is 5.69 Å². The van der Waals surface area contributed by atoms with Crippen LogP contribution in [0, 0.1) is 0 Å². The SMILES string of the molecule is COc1ccc(C2Cc3ccc(OC)c4occ(c34)CCN2C)c2c1C(=O)/C(=N/Nc1ccccc1)S2(=O)=O. The number of hydrogen-bond acceptors (Lipinski definition) is 9. The summed E-state index contributed by atoms with van der Waals surface area (Å²) < 4.78 is 44.7. The first-order chi connectivity index (χ1) is 18.8. The van der Waals surface area contributed by atoms with Crippen molar-refractivity contribution in [3.8, 4) is 11.5 Å². The third-order valence-corrected chi connectivity index (χ3v) is 9.24. The number of carbonyl (C=O) groups is 1. The first-order valence-corrected chi connectivity index (χ1v) is 14.0. The van der Waals surface area contributed by atoms with Crippen molar-refractivity contribution in [1.82, 2.24) is 4.90 Å². The van der Waals surface area contributed by atoms with E-state index in [1.165, 1.54) is 7.11 Å². The Morgan fingerprint density at radius 3 is 2.49 bits per heavy atom. The number of ether oxygens (including phenoxy) is 2. The van der Waals surface area contributed by atoms with Gasteiger partial charge in [-0.15, -0.1) is 0 Å². The molecule has 1 aromatic heterocycles. The molecule has 1 N–H and O–H groups in total. The molecule has 1 atom stereocenters. The van der Waals surface area contributed by atoms with Crippen LogP contribution in [0.25, 0.3) is 11.0 Å². The van der Waals surface area contributed by atoms with Gasteiger partial charge in [0.05, 0.1) is 36.6 Å². The number of benzene rings is 3. The maximum absolute atomic E-state index is 13.9. The highest BCUT2D eigenvalue weighted by Crippen LogP contribution is 2.44. The lowest BCUT2D eigenvalue weighted by molar-refractivity contribution is 0.106. The van der Waals surface area contributed by atoms with E-state index in [-0.39, 0.29) is 22.3 Å². The van der Waals surface area contributed by atoms with Gasteiger partial charge in [-0.3, -0.25) is 15.1 Å². The van der Waals surface area contributed by atoms with Crippen LogP contribution in [-0.4, -0.2) is 52.0 Å². The average molecular weight is 546 g/mol. The van der Waals surface area contributed by atoms with Crippen molar-refractivity contribution in [2.75, 3.05) is 33.2 Å². The van der Waals surface area contributed by atoms with Crippen molar-refractivity contribution in [3.63, 3.8) is 0 Å². The second kappa shape index (κ2) is 9.55. The number of likely N-dealkylation sites (N-methyl/N-ethyl adjacent to an activating group) is 1. The first kappa shape index (κ1) is 25.1. The summed E-state index contributed by atoms with van der Waals surface area (Å²) in [4.78, 5) is 15.6. The number of nitrogens with zero attached hydrogens (tertiary/aromatic N) is 2. The standard InChI is InChI=1S/C29H27N3O6S/c1-32-14-13-18-16-38-27-23(37-3)11-9-17(24(18)27)15-21(32)20-10-12-22(36-2)25-26(33)29(39(34,35)28(20)25)31-30-19-7-5-4-6-8-19/h4-12,16,21,30H,13-15H2,1-3H3/b31-29-. The van der Waals surface area contributed by atoms with Crippen LogP contribution in [0.2, 0.25) is 0 Å². The number of carbonyl (C=O) groups excluding carboxylic acids is 1. The van der Waals surface area contributed by atoms with Gasteiger partial charge in [0.15, 0.2) is 11.3 Å². The Morgan fingerprint density at radius 1 is 1.00 bits per heavy atom. The molecule has 6 rings (SSSR count). The predicted octanol–water partition coefficient (Wildman–Crippen LogP) is 4.62. The van der Waals surface area contributed by atoms with E-state index in [1.807, 2.05) is 25.2 Å². The lowest BCUT2D eigenvalue weighted by Gasteiger charge is -2.31. The fraction of sp³-hybridized carbons (Fsp3) is 0.241. The maximum Gasteiger partial charge on any atom is 0.230 e. The van der Waals surface area contributed by atoms with Crippen LogP contribution in [-0.2, 0) is 22.7 Å². The molecule has 39 heavy (non-hydrogen) atoms. The fourth-order valence-electron chi connectivity index (χ4n) is 5.52. The van der Waals surface area contributed by atoms with E-state index in [0.717, 1.165) is 16.5 Å². The van der Waals surface area contributed by atoms with Gasteiger partial charge in [-0.2, -0.15) is 5.10 Å². The molecule has 2 aliphatic heterocycles. The summed E-state index contributed by atoms with van der Waals surface area (Å²) in [5.74, 6) is 0.157. The molecule has 3 aromatic carbocycles. The van der Waals surface area contributed by atoms with Crippen LogP contribution in [0.1, 0.15) is 33.1 Å². The molecule has 0 spiro atoms. The van der Waals surface area contributed by atoms with Gasteiger partial charge < -0.3 is 13.9 Å². The third kappa shape index (κ3) is 3.98. The predicted molar refractivity (Wildman–Crippen MR) is 148 cm³/mol. The molecule has 200 valence electrons. The smallest absolute Gasteiger partial charge is 0.230 e. The van der Waals surface area contributed by atoms with Crippen molar-refractivity contribution >= 4 is 37.3 Å². The Morgan fingerprint density at radius 2 is 1.74 bits per heavy atom. The van der Waals surface area contributed by atoms with E-state index in [0.29, 0.717) is 42.0 Å². The Balaban J connectivity index is 1.49. The number of para-hydroxylation sites is 1. The zero-order valence-corrected chi connectivity index (χ0v) is 22.5. The number of sulfone groups is 1. The number of Topliss-reactive ketones (excluding diaryl/α,β-unsaturated/α-hetero) is 1. The number of rotatable bonds is 5. The summed E-state index contributed by atoms with van der Waals surface area (Å²) in [6, 6.07) is 15.8. The van der Waals surface area contributed by atoms with E-state index >= 15 is 0 Å². The zero-order valence-electron chi connectivity index (χ0n) is 21.7. The highest BCUT2D eigenvalue weighted by molar-refractivity contribution is 8.09. The van der Waals surface area contributed by atoms with E-state index in [9.17, 15) is 13.2 Å². The molecule has 10 heteroatoms. The van der Waals surface area contributed by atoms with Gasteiger partial charge in [-0.1, -0.05) is 30.3 Å². The van der Waals surface area contributed by atoms with E-state index in [2.05, 4.69) is 15.4 Å². The monoisotopic (exact) mass is 545 g/mol. The minimum Gasteiger partial charge on any atom is -0.496 e. The Bertz CT molecular complexity index is 1740. The van der Waals surface area contributed by atoms with Crippen LogP contribution in [0.3, 0.4) is 0 Å². The number of nitrogens with one attached hydrogen (secondary N) is 1. The summed E-state index contributed by atoms with van der Waals surface area (Å²) in [7, 11) is 0.743. The van der Waals surface area contributed by atoms with Gasteiger partial charge in [-0.05, 0) is 60.8 Å². The van der Waals surface area contributed by atoms with E-state index in [1.54, 1.807) is 49.8 Å². The van der Waals surface area contributed by atoms with Gasteiger partial charge in [0, 0.05) is 18.0 Å². The second-order valence-corrected chi connectivity index (χ2v) is 11.4. The number of hydrazone groups is 1. The Hall–Kier alpha value is -4.15. The first-order valence-electron chi connectivity index (χ1n) is 12.5. The lowest BCUT2D eigenvalue weighted by atomic mass is 9.90. The van der Waals surface area contributed by atoms with Gasteiger partial charge in [0.25, 0.3) is 0 Å². The largest absolute Gasteiger partial charge is 0.496 e. The summed E-state index contributed by atoms with van der Waals surface area (Å²) in [6.07, 6.45) is 2.97. The Kier molecular flexibility index (Phi) is 6.16. The van der Waals surface area contributed by atoms with Crippen molar-refractivity contribution in [1.29, 1.82) is 0 Å².